The molecule has 0 spiro atoms. The van der Waals surface area contributed by atoms with E-state index in [1.54, 1.807) is 4.90 Å². The summed E-state index contributed by atoms with van der Waals surface area (Å²) in [5.41, 5.74) is 2.11. The monoisotopic (exact) mass is 276 g/mol. The number of fused-ring (bicyclic) bond motifs is 1. The number of anilines is 1. The standard InChI is InChI=1S/C15H20N2O3/c1-10(2)13(16-15(19)20-3)14(18)17-9-8-11-6-4-5-7-12(11)17/h4-7,10,13H,8-9H2,1-3H3,(H,16,19). The van der Waals surface area contributed by atoms with E-state index in [2.05, 4.69) is 10.1 Å². The maximum absolute atomic E-state index is 12.7. The number of carbonyl (C=O) groups excluding carboxylic acids is 2. The molecule has 2 rings (SSSR count). The van der Waals surface area contributed by atoms with Crippen LogP contribution in [0.25, 0.3) is 0 Å². The average Bonchev–Trinajstić information content (AvgIpc) is 2.87. The number of benzene rings is 1. The Morgan fingerprint density at radius 3 is 2.65 bits per heavy atom. The highest BCUT2D eigenvalue weighted by molar-refractivity contribution is 6.00. The molecule has 0 fully saturated rings. The van der Waals surface area contributed by atoms with Gasteiger partial charge in [-0.1, -0.05) is 32.0 Å². The SMILES string of the molecule is COC(=O)NC(C(=O)N1CCc2ccccc21)C(C)C. The van der Waals surface area contributed by atoms with Crippen molar-refractivity contribution in [2.75, 3.05) is 18.6 Å². The van der Waals surface area contributed by atoms with Gasteiger partial charge in [0.2, 0.25) is 5.91 Å². The maximum atomic E-state index is 12.7. The Bertz CT molecular complexity index is 514. The van der Waals surface area contributed by atoms with E-state index in [1.165, 1.54) is 12.7 Å². The number of hydrogen-bond acceptors (Lipinski definition) is 3. The van der Waals surface area contributed by atoms with Gasteiger partial charge in [-0.25, -0.2) is 4.79 Å². The molecule has 108 valence electrons. The van der Waals surface area contributed by atoms with Crippen molar-refractivity contribution in [2.45, 2.75) is 26.3 Å². The number of carbonyl (C=O) groups is 2. The molecule has 1 unspecified atom stereocenters. The van der Waals surface area contributed by atoms with Gasteiger partial charge in [-0.15, -0.1) is 0 Å². The van der Waals surface area contributed by atoms with Gasteiger partial charge in [-0.05, 0) is 24.0 Å². The number of nitrogens with one attached hydrogen (secondary N) is 1. The molecule has 0 aliphatic carbocycles. The van der Waals surface area contributed by atoms with Crippen molar-refractivity contribution in [3.8, 4) is 0 Å². The molecule has 0 saturated heterocycles. The largest absolute Gasteiger partial charge is 0.453 e. The van der Waals surface area contributed by atoms with Crippen molar-refractivity contribution >= 4 is 17.7 Å². The molecule has 0 saturated carbocycles. The Balaban J connectivity index is 2.19. The van der Waals surface area contributed by atoms with Crippen molar-refractivity contribution in [1.29, 1.82) is 0 Å². The lowest BCUT2D eigenvalue weighted by atomic mass is 10.0. The fourth-order valence-corrected chi connectivity index (χ4v) is 2.43. The number of rotatable bonds is 3. The number of methoxy groups -OCH3 is 1. The van der Waals surface area contributed by atoms with E-state index in [1.807, 2.05) is 38.1 Å². The summed E-state index contributed by atoms with van der Waals surface area (Å²) in [4.78, 5) is 25.8. The molecule has 0 aromatic heterocycles. The molecule has 1 N–H and O–H groups in total. The van der Waals surface area contributed by atoms with Crippen LogP contribution in [-0.2, 0) is 16.0 Å². The predicted molar refractivity (Wildman–Crippen MR) is 76.7 cm³/mol. The van der Waals surface area contributed by atoms with Crippen molar-refractivity contribution in [3.63, 3.8) is 0 Å². The van der Waals surface area contributed by atoms with Gasteiger partial charge in [0, 0.05) is 12.2 Å². The highest BCUT2D eigenvalue weighted by Crippen LogP contribution is 2.28. The maximum Gasteiger partial charge on any atom is 0.407 e. The zero-order valence-corrected chi connectivity index (χ0v) is 12.1. The van der Waals surface area contributed by atoms with Crippen LogP contribution in [0.2, 0.25) is 0 Å². The highest BCUT2D eigenvalue weighted by Gasteiger charge is 2.32. The average molecular weight is 276 g/mol. The number of nitrogens with zero attached hydrogens (tertiary/aromatic N) is 1. The smallest absolute Gasteiger partial charge is 0.407 e. The summed E-state index contributed by atoms with van der Waals surface area (Å²) < 4.78 is 4.59. The fourth-order valence-electron chi connectivity index (χ4n) is 2.43. The second kappa shape index (κ2) is 5.94. The van der Waals surface area contributed by atoms with E-state index in [9.17, 15) is 9.59 Å². The van der Waals surface area contributed by atoms with Gasteiger partial charge in [-0.2, -0.15) is 0 Å². The van der Waals surface area contributed by atoms with E-state index in [4.69, 9.17) is 0 Å². The third-order valence-corrected chi connectivity index (χ3v) is 3.54. The minimum Gasteiger partial charge on any atom is -0.453 e. The first kappa shape index (κ1) is 14.4. The third-order valence-electron chi connectivity index (χ3n) is 3.54. The van der Waals surface area contributed by atoms with E-state index < -0.39 is 12.1 Å². The van der Waals surface area contributed by atoms with Crippen LogP contribution in [0.5, 0.6) is 0 Å². The van der Waals surface area contributed by atoms with E-state index in [-0.39, 0.29) is 11.8 Å². The first-order valence-electron chi connectivity index (χ1n) is 6.78. The third kappa shape index (κ3) is 2.76. The van der Waals surface area contributed by atoms with Gasteiger partial charge in [-0.3, -0.25) is 4.79 Å². The minimum atomic E-state index is -0.579. The second-order valence-electron chi connectivity index (χ2n) is 5.23. The number of ether oxygens (including phenoxy) is 1. The lowest BCUT2D eigenvalue weighted by molar-refractivity contribution is -0.121. The van der Waals surface area contributed by atoms with Gasteiger partial charge in [0.25, 0.3) is 0 Å². The summed E-state index contributed by atoms with van der Waals surface area (Å²) in [6.07, 6.45) is 0.273. The molecular formula is C15H20N2O3. The molecule has 2 amide bonds. The fraction of sp³-hybridized carbons (Fsp3) is 0.467. The van der Waals surface area contributed by atoms with Gasteiger partial charge in [0.05, 0.1) is 7.11 Å². The molecule has 5 nitrogen and oxygen atoms in total. The van der Waals surface area contributed by atoms with E-state index in [0.29, 0.717) is 6.54 Å². The summed E-state index contributed by atoms with van der Waals surface area (Å²) in [5, 5.41) is 2.62. The van der Waals surface area contributed by atoms with Gasteiger partial charge >= 0.3 is 6.09 Å². The summed E-state index contributed by atoms with van der Waals surface area (Å²) in [6, 6.07) is 7.28. The summed E-state index contributed by atoms with van der Waals surface area (Å²) in [7, 11) is 1.29. The van der Waals surface area contributed by atoms with Crippen LogP contribution >= 0.6 is 0 Å². The minimum absolute atomic E-state index is 0.00522. The van der Waals surface area contributed by atoms with Crippen LogP contribution < -0.4 is 10.2 Å². The van der Waals surface area contributed by atoms with Crippen LogP contribution in [0.4, 0.5) is 10.5 Å². The molecular weight excluding hydrogens is 256 g/mol. The van der Waals surface area contributed by atoms with Crippen LogP contribution in [0.3, 0.4) is 0 Å². The Hall–Kier alpha value is -2.04. The summed E-state index contributed by atoms with van der Waals surface area (Å²) in [6.45, 7) is 4.46. The Labute approximate surface area is 118 Å². The first-order chi connectivity index (χ1) is 9.54. The predicted octanol–water partition coefficient (Wildman–Crippen LogP) is 1.96. The zero-order valence-electron chi connectivity index (χ0n) is 12.1. The quantitative estimate of drug-likeness (QED) is 0.918. The molecule has 5 heteroatoms. The topological polar surface area (TPSA) is 58.6 Å². The normalized spacial score (nSPS) is 14.9. The summed E-state index contributed by atoms with van der Waals surface area (Å²) >= 11 is 0. The molecule has 0 bridgehead atoms. The lowest BCUT2D eigenvalue weighted by Crippen LogP contribution is -2.51. The van der Waals surface area contributed by atoms with Gasteiger partial charge in [0.15, 0.2) is 0 Å². The van der Waals surface area contributed by atoms with Crippen LogP contribution in [0.15, 0.2) is 24.3 Å². The van der Waals surface area contributed by atoms with Crippen LogP contribution in [-0.4, -0.2) is 31.7 Å². The molecule has 1 aromatic carbocycles. The van der Waals surface area contributed by atoms with Crippen molar-refractivity contribution in [2.24, 2.45) is 5.92 Å². The van der Waals surface area contributed by atoms with Gasteiger partial charge in [0.1, 0.15) is 6.04 Å². The Morgan fingerprint density at radius 2 is 2.00 bits per heavy atom. The van der Waals surface area contributed by atoms with E-state index >= 15 is 0 Å². The number of hydrogen-bond donors (Lipinski definition) is 1. The van der Waals surface area contributed by atoms with Crippen molar-refractivity contribution in [3.05, 3.63) is 29.8 Å². The van der Waals surface area contributed by atoms with Gasteiger partial charge < -0.3 is 15.0 Å². The second-order valence-corrected chi connectivity index (χ2v) is 5.23. The molecule has 1 aromatic rings. The van der Waals surface area contributed by atoms with Crippen molar-refractivity contribution in [1.82, 2.24) is 5.32 Å². The van der Waals surface area contributed by atoms with Crippen LogP contribution in [0.1, 0.15) is 19.4 Å². The molecule has 1 aliphatic rings. The summed E-state index contributed by atoms with van der Waals surface area (Å²) in [5.74, 6) is -0.0929. The Morgan fingerprint density at radius 1 is 1.30 bits per heavy atom. The highest BCUT2D eigenvalue weighted by atomic mass is 16.5. The molecule has 1 aliphatic heterocycles. The zero-order chi connectivity index (χ0) is 14.7. The molecule has 20 heavy (non-hydrogen) atoms. The van der Waals surface area contributed by atoms with Crippen molar-refractivity contribution < 1.29 is 14.3 Å². The van der Waals surface area contributed by atoms with Crippen LogP contribution in [0, 0.1) is 5.92 Å². The number of para-hydroxylation sites is 1. The molecule has 0 radical (unpaired) electrons. The number of amides is 2. The first-order valence-corrected chi connectivity index (χ1v) is 6.78. The lowest BCUT2D eigenvalue weighted by Gasteiger charge is -2.26. The molecule has 1 atom stereocenters. The van der Waals surface area contributed by atoms with E-state index in [0.717, 1.165) is 12.1 Å². The number of alkyl carbamates (subject to hydrolysis) is 1. The Kier molecular flexibility index (Phi) is 4.27. The molecule has 1 heterocycles.